The maximum absolute atomic E-state index is 14.7. The first-order chi connectivity index (χ1) is 22.1. The third-order valence-corrected chi connectivity index (χ3v) is 10.6. The van der Waals surface area contributed by atoms with Gasteiger partial charge in [-0.2, -0.15) is 0 Å². The molecule has 7 nitrogen and oxygen atoms in total. The molecule has 1 saturated carbocycles. The molecule has 46 heavy (non-hydrogen) atoms. The van der Waals surface area contributed by atoms with Gasteiger partial charge in [0.1, 0.15) is 12.6 Å². The zero-order chi connectivity index (χ0) is 32.7. The molecule has 5 rings (SSSR count). The predicted octanol–water partition coefficient (Wildman–Crippen LogP) is 6.51. The van der Waals surface area contributed by atoms with Gasteiger partial charge in [-0.05, 0) is 74.1 Å². The molecule has 0 saturated heterocycles. The number of aryl methyl sites for hydroxylation is 2. The number of benzene rings is 4. The Balaban J connectivity index is 1.59. The van der Waals surface area contributed by atoms with Crippen LogP contribution in [0.4, 0.5) is 5.69 Å². The van der Waals surface area contributed by atoms with Crippen LogP contribution in [-0.4, -0.2) is 43.8 Å². The highest BCUT2D eigenvalue weighted by atomic mass is 32.2. The van der Waals surface area contributed by atoms with Gasteiger partial charge in [-0.25, -0.2) is 8.42 Å². The minimum Gasteiger partial charge on any atom is -0.352 e. The van der Waals surface area contributed by atoms with Crippen LogP contribution in [-0.2, 0) is 32.6 Å². The van der Waals surface area contributed by atoms with E-state index in [0.29, 0.717) is 12.1 Å². The molecule has 1 N–H and O–H groups in total. The fourth-order valence-electron chi connectivity index (χ4n) is 6.17. The molecule has 0 aliphatic heterocycles. The van der Waals surface area contributed by atoms with E-state index < -0.39 is 28.5 Å². The predicted molar refractivity (Wildman–Crippen MR) is 183 cm³/mol. The summed E-state index contributed by atoms with van der Waals surface area (Å²) in [5.74, 6) is -0.676. The van der Waals surface area contributed by atoms with Crippen LogP contribution in [0.15, 0.2) is 108 Å². The van der Waals surface area contributed by atoms with Gasteiger partial charge in [0.05, 0.1) is 10.6 Å². The van der Waals surface area contributed by atoms with Crippen molar-refractivity contribution in [3.05, 3.63) is 131 Å². The highest BCUT2D eigenvalue weighted by molar-refractivity contribution is 7.92. The van der Waals surface area contributed by atoms with Crippen LogP contribution < -0.4 is 9.62 Å². The number of anilines is 1. The number of nitrogens with one attached hydrogen (secondary N) is 1. The van der Waals surface area contributed by atoms with Gasteiger partial charge in [0.25, 0.3) is 10.0 Å². The van der Waals surface area contributed by atoms with Crippen molar-refractivity contribution in [2.75, 3.05) is 10.8 Å². The SMILES string of the molecule is Cc1cccc(CN(C(=O)CN(c2cccc(C)c2C)S(=O)(=O)c2ccccc2)[C@@H](Cc2ccccc2)C(=O)NC2CCCC2)c1. The first-order valence-corrected chi connectivity index (χ1v) is 17.4. The number of rotatable bonds is 12. The van der Waals surface area contributed by atoms with Gasteiger partial charge in [-0.1, -0.05) is 103 Å². The fraction of sp³-hybridized carbons (Fsp3) is 0.316. The van der Waals surface area contributed by atoms with E-state index in [4.69, 9.17) is 0 Å². The molecule has 0 aromatic heterocycles. The third kappa shape index (κ3) is 7.85. The second kappa shape index (κ2) is 14.8. The van der Waals surface area contributed by atoms with E-state index in [2.05, 4.69) is 5.32 Å². The normalized spacial score (nSPS) is 14.1. The van der Waals surface area contributed by atoms with E-state index >= 15 is 0 Å². The van der Waals surface area contributed by atoms with Gasteiger partial charge in [-0.15, -0.1) is 0 Å². The van der Waals surface area contributed by atoms with E-state index in [1.165, 1.54) is 16.4 Å². The van der Waals surface area contributed by atoms with Gasteiger partial charge in [0.15, 0.2) is 0 Å². The highest BCUT2D eigenvalue weighted by Crippen LogP contribution is 2.29. The maximum Gasteiger partial charge on any atom is 0.264 e. The summed E-state index contributed by atoms with van der Waals surface area (Å²) in [5.41, 5.74) is 4.92. The molecule has 240 valence electrons. The van der Waals surface area contributed by atoms with Gasteiger partial charge < -0.3 is 10.2 Å². The number of sulfonamides is 1. The lowest BCUT2D eigenvalue weighted by molar-refractivity contribution is -0.140. The topological polar surface area (TPSA) is 86.8 Å². The van der Waals surface area contributed by atoms with Crippen molar-refractivity contribution < 1.29 is 18.0 Å². The Hall–Kier alpha value is -4.43. The molecule has 1 aliphatic carbocycles. The molecule has 1 fully saturated rings. The number of nitrogens with zero attached hydrogens (tertiary/aromatic N) is 2. The molecule has 1 atom stereocenters. The van der Waals surface area contributed by atoms with Crippen LogP contribution in [0.5, 0.6) is 0 Å². The number of hydrogen-bond acceptors (Lipinski definition) is 4. The summed E-state index contributed by atoms with van der Waals surface area (Å²) in [6.45, 7) is 5.46. The summed E-state index contributed by atoms with van der Waals surface area (Å²) in [4.78, 5) is 30.5. The summed E-state index contributed by atoms with van der Waals surface area (Å²) in [7, 11) is -4.14. The van der Waals surface area contributed by atoms with E-state index in [0.717, 1.165) is 53.5 Å². The fourth-order valence-corrected chi connectivity index (χ4v) is 7.66. The third-order valence-electron chi connectivity index (χ3n) is 8.86. The van der Waals surface area contributed by atoms with E-state index in [1.54, 1.807) is 35.2 Å². The van der Waals surface area contributed by atoms with Gasteiger partial charge in [-0.3, -0.25) is 13.9 Å². The molecule has 0 spiro atoms. The first-order valence-electron chi connectivity index (χ1n) is 16.0. The Kier molecular flexibility index (Phi) is 10.6. The van der Waals surface area contributed by atoms with Crippen molar-refractivity contribution in [1.29, 1.82) is 0 Å². The molecule has 0 unspecified atom stereocenters. The second-order valence-electron chi connectivity index (χ2n) is 12.2. The Morgan fingerprint density at radius 3 is 2.11 bits per heavy atom. The number of amides is 2. The Morgan fingerprint density at radius 1 is 0.804 bits per heavy atom. The Labute approximate surface area is 273 Å². The molecular weight excluding hydrogens is 595 g/mol. The summed E-state index contributed by atoms with van der Waals surface area (Å²) in [6.07, 6.45) is 4.23. The first kappa shape index (κ1) is 32.9. The number of carbonyl (C=O) groups is 2. The number of carbonyl (C=O) groups excluding carboxylic acids is 2. The molecular formula is C38H43N3O4S. The van der Waals surface area contributed by atoms with Crippen LogP contribution in [0.3, 0.4) is 0 Å². The molecule has 0 radical (unpaired) electrons. The van der Waals surface area contributed by atoms with Crippen molar-refractivity contribution in [1.82, 2.24) is 10.2 Å². The van der Waals surface area contributed by atoms with Crippen molar-refractivity contribution in [3.63, 3.8) is 0 Å². The average molecular weight is 638 g/mol. The summed E-state index contributed by atoms with van der Waals surface area (Å²) < 4.78 is 29.7. The zero-order valence-electron chi connectivity index (χ0n) is 26.9. The summed E-state index contributed by atoms with van der Waals surface area (Å²) in [5, 5.41) is 3.22. The van der Waals surface area contributed by atoms with Crippen LogP contribution in [0, 0.1) is 20.8 Å². The van der Waals surface area contributed by atoms with Crippen LogP contribution >= 0.6 is 0 Å². The average Bonchev–Trinajstić information content (AvgIpc) is 3.57. The van der Waals surface area contributed by atoms with E-state index in [9.17, 15) is 18.0 Å². The van der Waals surface area contributed by atoms with E-state index in [1.807, 2.05) is 81.4 Å². The van der Waals surface area contributed by atoms with Gasteiger partial charge >= 0.3 is 0 Å². The van der Waals surface area contributed by atoms with Crippen LogP contribution in [0.1, 0.15) is 53.5 Å². The Bertz CT molecular complexity index is 1750. The van der Waals surface area contributed by atoms with Crippen LogP contribution in [0.25, 0.3) is 0 Å². The van der Waals surface area contributed by atoms with Gasteiger partial charge in [0.2, 0.25) is 11.8 Å². The molecule has 0 bridgehead atoms. The lowest BCUT2D eigenvalue weighted by Crippen LogP contribution is -2.54. The lowest BCUT2D eigenvalue weighted by atomic mass is 10.0. The zero-order valence-corrected chi connectivity index (χ0v) is 27.7. The van der Waals surface area contributed by atoms with E-state index in [-0.39, 0.29) is 23.4 Å². The molecule has 1 aliphatic rings. The minimum atomic E-state index is -4.14. The molecule has 4 aromatic carbocycles. The van der Waals surface area contributed by atoms with Crippen LogP contribution in [0.2, 0.25) is 0 Å². The standard InChI is InChI=1S/C38H43N3O4S/c1-28-14-12-18-32(24-28)26-40(36(25-31-16-6-4-7-17-31)38(43)39-33-19-10-11-20-33)37(42)27-41(35-23-13-15-29(2)30(35)3)46(44,45)34-21-8-5-9-22-34/h4-9,12-18,21-24,33,36H,10-11,19-20,25-27H2,1-3H3,(H,39,43)/t36-/m0/s1. The van der Waals surface area contributed by atoms with Crippen molar-refractivity contribution in [2.24, 2.45) is 0 Å². The Morgan fingerprint density at radius 2 is 1.43 bits per heavy atom. The van der Waals surface area contributed by atoms with Gasteiger partial charge in [0, 0.05) is 19.0 Å². The molecule has 4 aromatic rings. The highest BCUT2D eigenvalue weighted by Gasteiger charge is 2.36. The maximum atomic E-state index is 14.7. The van der Waals surface area contributed by atoms with Crippen molar-refractivity contribution in [3.8, 4) is 0 Å². The molecule has 8 heteroatoms. The summed E-state index contributed by atoms with van der Waals surface area (Å²) >= 11 is 0. The summed E-state index contributed by atoms with van der Waals surface area (Å²) in [6, 6.07) is 30.3. The van der Waals surface area contributed by atoms with Crippen molar-refractivity contribution in [2.45, 2.75) is 76.4 Å². The lowest BCUT2D eigenvalue weighted by Gasteiger charge is -2.35. The second-order valence-corrected chi connectivity index (χ2v) is 14.1. The largest absolute Gasteiger partial charge is 0.352 e. The minimum absolute atomic E-state index is 0.0617. The monoisotopic (exact) mass is 637 g/mol. The molecule has 0 heterocycles. The smallest absolute Gasteiger partial charge is 0.264 e. The molecule has 2 amide bonds. The van der Waals surface area contributed by atoms with Crippen molar-refractivity contribution >= 4 is 27.5 Å². The number of hydrogen-bond donors (Lipinski definition) is 1. The quantitative estimate of drug-likeness (QED) is 0.192.